The zero-order chi connectivity index (χ0) is 11.7. The highest BCUT2D eigenvalue weighted by atomic mass is 35.5. The van der Waals surface area contributed by atoms with E-state index in [9.17, 15) is 4.79 Å². The van der Waals surface area contributed by atoms with E-state index in [2.05, 4.69) is 4.98 Å². The van der Waals surface area contributed by atoms with Crippen LogP contribution in [0.3, 0.4) is 0 Å². The second-order valence-corrected chi connectivity index (χ2v) is 3.80. The van der Waals surface area contributed by atoms with E-state index in [0.717, 1.165) is 0 Å². The topological polar surface area (TPSA) is 69.1 Å². The zero-order valence-electron chi connectivity index (χ0n) is 7.91. The second-order valence-electron chi connectivity index (χ2n) is 3.01. The number of carbonyl (C=O) groups is 1. The van der Waals surface area contributed by atoms with Gasteiger partial charge in [-0.25, -0.2) is 4.98 Å². The van der Waals surface area contributed by atoms with Gasteiger partial charge in [0.25, 0.3) is 0 Å². The average molecular weight is 257 g/mol. The molecule has 0 atom stereocenters. The summed E-state index contributed by atoms with van der Waals surface area (Å²) < 4.78 is 5.08. The van der Waals surface area contributed by atoms with Crippen molar-refractivity contribution in [1.29, 1.82) is 0 Å². The van der Waals surface area contributed by atoms with Crippen LogP contribution in [0.4, 0.5) is 0 Å². The van der Waals surface area contributed by atoms with E-state index in [-0.39, 0.29) is 10.6 Å². The van der Waals surface area contributed by atoms with Gasteiger partial charge in [-0.1, -0.05) is 23.2 Å². The molecule has 0 aliphatic rings. The normalized spacial score (nSPS) is 10.4. The third kappa shape index (κ3) is 1.77. The monoisotopic (exact) mass is 256 g/mol. The molecule has 1 heterocycles. The highest BCUT2D eigenvalue weighted by Gasteiger charge is 2.18. The Labute approximate surface area is 101 Å². The Morgan fingerprint density at radius 3 is 2.69 bits per heavy atom. The van der Waals surface area contributed by atoms with E-state index in [1.54, 1.807) is 0 Å². The summed E-state index contributed by atoms with van der Waals surface area (Å²) in [5.74, 6) is -0.258. The fourth-order valence-electron chi connectivity index (χ4n) is 1.34. The molecule has 82 valence electrons. The Hall–Kier alpha value is -1.52. The standard InChI is InChI=1S/C10H6Cl2N2O2/c11-6-2-1-5(10(13)15)8(9(6)12)7-3-14-4-16-7/h1-4H,(H2,13,15). The Kier molecular flexibility index (Phi) is 2.85. The van der Waals surface area contributed by atoms with Gasteiger partial charge in [-0.2, -0.15) is 0 Å². The molecule has 0 radical (unpaired) electrons. The van der Waals surface area contributed by atoms with Crippen LogP contribution in [0.5, 0.6) is 0 Å². The van der Waals surface area contributed by atoms with Gasteiger partial charge in [0, 0.05) is 0 Å². The minimum absolute atomic E-state index is 0.217. The number of benzene rings is 1. The number of aromatic nitrogens is 1. The number of carbonyl (C=O) groups excluding carboxylic acids is 1. The number of rotatable bonds is 2. The van der Waals surface area contributed by atoms with Crippen LogP contribution in [0.2, 0.25) is 10.0 Å². The summed E-state index contributed by atoms with van der Waals surface area (Å²) in [7, 11) is 0. The summed E-state index contributed by atoms with van der Waals surface area (Å²) in [6.07, 6.45) is 2.67. The Balaban J connectivity index is 2.74. The molecule has 1 aromatic heterocycles. The molecule has 0 aliphatic heterocycles. The number of hydrogen-bond donors (Lipinski definition) is 1. The maximum atomic E-state index is 11.2. The summed E-state index contributed by atoms with van der Waals surface area (Å²) in [5, 5.41) is 0.535. The molecule has 2 aromatic rings. The summed E-state index contributed by atoms with van der Waals surface area (Å²) in [6, 6.07) is 3.00. The minimum atomic E-state index is -0.607. The van der Waals surface area contributed by atoms with Crippen LogP contribution < -0.4 is 5.73 Å². The number of nitrogens with two attached hydrogens (primary N) is 1. The van der Waals surface area contributed by atoms with Crippen molar-refractivity contribution in [2.24, 2.45) is 5.73 Å². The third-order valence-corrected chi connectivity index (χ3v) is 2.84. The van der Waals surface area contributed by atoms with Crippen molar-refractivity contribution < 1.29 is 9.21 Å². The number of nitrogens with zero attached hydrogens (tertiary/aromatic N) is 1. The molecule has 0 spiro atoms. The number of amides is 1. The molecule has 0 bridgehead atoms. The third-order valence-electron chi connectivity index (χ3n) is 2.04. The van der Waals surface area contributed by atoms with Crippen molar-refractivity contribution in [3.8, 4) is 11.3 Å². The van der Waals surface area contributed by atoms with Crippen molar-refractivity contribution in [2.75, 3.05) is 0 Å². The van der Waals surface area contributed by atoms with Crippen LogP contribution in [0.1, 0.15) is 10.4 Å². The van der Waals surface area contributed by atoms with Crippen LogP contribution >= 0.6 is 23.2 Å². The van der Waals surface area contributed by atoms with Gasteiger partial charge in [-0.3, -0.25) is 4.79 Å². The molecule has 0 saturated carbocycles. The average Bonchev–Trinajstić information content (AvgIpc) is 2.74. The molecule has 16 heavy (non-hydrogen) atoms. The minimum Gasteiger partial charge on any atom is -0.443 e. The maximum absolute atomic E-state index is 11.2. The lowest BCUT2D eigenvalue weighted by Crippen LogP contribution is -2.12. The van der Waals surface area contributed by atoms with E-state index < -0.39 is 5.91 Å². The van der Waals surface area contributed by atoms with E-state index in [4.69, 9.17) is 33.4 Å². The first kappa shape index (κ1) is 11.0. The fourth-order valence-corrected chi connectivity index (χ4v) is 1.75. The van der Waals surface area contributed by atoms with E-state index in [0.29, 0.717) is 16.3 Å². The van der Waals surface area contributed by atoms with Gasteiger partial charge in [-0.05, 0) is 12.1 Å². The van der Waals surface area contributed by atoms with Crippen LogP contribution in [0.15, 0.2) is 29.1 Å². The molecular formula is C10H6Cl2N2O2. The van der Waals surface area contributed by atoms with E-state index in [1.807, 2.05) is 0 Å². The van der Waals surface area contributed by atoms with Gasteiger partial charge in [0.05, 0.1) is 27.4 Å². The highest BCUT2D eigenvalue weighted by molar-refractivity contribution is 6.44. The highest BCUT2D eigenvalue weighted by Crippen LogP contribution is 2.36. The molecule has 0 saturated heterocycles. The quantitative estimate of drug-likeness (QED) is 0.899. The van der Waals surface area contributed by atoms with Gasteiger partial charge in [0.1, 0.15) is 0 Å². The van der Waals surface area contributed by atoms with Gasteiger partial charge >= 0.3 is 0 Å². The number of primary amides is 1. The van der Waals surface area contributed by atoms with Crippen molar-refractivity contribution in [3.05, 3.63) is 40.3 Å². The molecule has 0 fully saturated rings. The van der Waals surface area contributed by atoms with Crippen LogP contribution in [-0.4, -0.2) is 10.9 Å². The maximum Gasteiger partial charge on any atom is 0.249 e. The Morgan fingerprint density at radius 2 is 2.12 bits per heavy atom. The molecular weight excluding hydrogens is 251 g/mol. The van der Waals surface area contributed by atoms with Crippen LogP contribution in [0.25, 0.3) is 11.3 Å². The predicted octanol–water partition coefficient (Wildman–Crippen LogP) is 2.75. The molecule has 0 aliphatic carbocycles. The van der Waals surface area contributed by atoms with Crippen molar-refractivity contribution in [1.82, 2.24) is 4.98 Å². The molecule has 6 heteroatoms. The van der Waals surface area contributed by atoms with E-state index in [1.165, 1.54) is 24.7 Å². The predicted molar refractivity (Wildman–Crippen MR) is 60.5 cm³/mol. The smallest absolute Gasteiger partial charge is 0.249 e. The summed E-state index contributed by atoms with van der Waals surface area (Å²) in [6.45, 7) is 0. The molecule has 1 amide bonds. The van der Waals surface area contributed by atoms with Crippen molar-refractivity contribution in [2.45, 2.75) is 0 Å². The molecule has 2 rings (SSSR count). The van der Waals surface area contributed by atoms with Crippen LogP contribution in [-0.2, 0) is 0 Å². The number of oxazole rings is 1. The van der Waals surface area contributed by atoms with Gasteiger partial charge in [0.15, 0.2) is 12.2 Å². The largest absolute Gasteiger partial charge is 0.443 e. The molecule has 4 nitrogen and oxygen atoms in total. The first-order valence-electron chi connectivity index (χ1n) is 4.28. The first-order chi connectivity index (χ1) is 7.61. The Bertz CT molecular complexity index is 538. The molecule has 0 unspecified atom stereocenters. The lowest BCUT2D eigenvalue weighted by Gasteiger charge is -2.07. The fraction of sp³-hybridized carbons (Fsp3) is 0. The Morgan fingerprint density at radius 1 is 1.38 bits per heavy atom. The second kappa shape index (κ2) is 4.15. The SMILES string of the molecule is NC(=O)c1ccc(Cl)c(Cl)c1-c1cnco1. The first-order valence-corrected chi connectivity index (χ1v) is 5.03. The van der Waals surface area contributed by atoms with Gasteiger partial charge < -0.3 is 10.2 Å². The zero-order valence-corrected chi connectivity index (χ0v) is 9.42. The van der Waals surface area contributed by atoms with Gasteiger partial charge in [-0.15, -0.1) is 0 Å². The summed E-state index contributed by atoms with van der Waals surface area (Å²) in [5.41, 5.74) is 5.84. The lowest BCUT2D eigenvalue weighted by molar-refractivity contribution is 0.100. The lowest BCUT2D eigenvalue weighted by atomic mass is 10.1. The van der Waals surface area contributed by atoms with Crippen LogP contribution in [0, 0.1) is 0 Å². The summed E-state index contributed by atoms with van der Waals surface area (Å²) >= 11 is 11.9. The number of halogens is 2. The number of hydrogen-bond acceptors (Lipinski definition) is 3. The van der Waals surface area contributed by atoms with Gasteiger partial charge in [0.2, 0.25) is 5.91 Å². The van der Waals surface area contributed by atoms with Crippen molar-refractivity contribution in [3.63, 3.8) is 0 Å². The molecule has 2 N–H and O–H groups in total. The molecule has 1 aromatic carbocycles. The summed E-state index contributed by atoms with van der Waals surface area (Å²) in [4.78, 5) is 15.0. The van der Waals surface area contributed by atoms with Crippen molar-refractivity contribution >= 4 is 29.1 Å². The van der Waals surface area contributed by atoms with E-state index >= 15 is 0 Å².